The van der Waals surface area contributed by atoms with E-state index in [9.17, 15) is 4.39 Å². The first-order valence-electron chi connectivity index (χ1n) is 7.17. The molecule has 1 aromatic heterocycles. The fourth-order valence-corrected chi connectivity index (χ4v) is 2.21. The van der Waals surface area contributed by atoms with Crippen LogP contribution >= 0.6 is 15.9 Å². The van der Waals surface area contributed by atoms with Crippen LogP contribution in [0.3, 0.4) is 0 Å². The number of rotatable bonds is 7. The smallest absolute Gasteiger partial charge is 0.194 e. The van der Waals surface area contributed by atoms with Crippen molar-refractivity contribution in [2.24, 2.45) is 5.92 Å². The van der Waals surface area contributed by atoms with E-state index in [1.807, 2.05) is 6.07 Å². The van der Waals surface area contributed by atoms with Gasteiger partial charge in [0, 0.05) is 12.0 Å². The molecule has 0 unspecified atom stereocenters. The molecule has 0 aliphatic heterocycles. The lowest BCUT2D eigenvalue weighted by molar-refractivity contribution is 0.483. The molecular weight excluding hydrogens is 335 g/mol. The normalized spacial score (nSPS) is 11.3. The molecular formula is C16H20BrFN2O. The monoisotopic (exact) mass is 354 g/mol. The summed E-state index contributed by atoms with van der Waals surface area (Å²) in [7, 11) is 0. The summed E-state index contributed by atoms with van der Waals surface area (Å²) >= 11 is 3.14. The quantitative estimate of drug-likeness (QED) is 0.747. The summed E-state index contributed by atoms with van der Waals surface area (Å²) in [5, 5.41) is 3.38. The van der Waals surface area contributed by atoms with Gasteiger partial charge < -0.3 is 9.73 Å². The summed E-state index contributed by atoms with van der Waals surface area (Å²) in [5.41, 5.74) is 0.701. The second-order valence-electron chi connectivity index (χ2n) is 5.45. The van der Waals surface area contributed by atoms with Gasteiger partial charge >= 0.3 is 0 Å². The Bertz CT molecular complexity index is 583. The minimum absolute atomic E-state index is 0.302. The molecule has 114 valence electrons. The fourth-order valence-electron chi connectivity index (χ4n) is 1.96. The molecule has 1 aromatic carbocycles. The van der Waals surface area contributed by atoms with E-state index in [2.05, 4.69) is 40.1 Å². The molecule has 0 aliphatic carbocycles. The van der Waals surface area contributed by atoms with Gasteiger partial charge in [0.15, 0.2) is 11.7 Å². The molecule has 2 aromatic rings. The van der Waals surface area contributed by atoms with Crippen LogP contribution in [0, 0.1) is 11.7 Å². The number of aryl methyl sites for hydroxylation is 1. The highest BCUT2D eigenvalue weighted by Gasteiger charge is 2.08. The number of hydrogen-bond acceptors (Lipinski definition) is 3. The standard InChI is InChI=1S/C16H20BrFN2O/c1-11(2)9-19-7-3-4-16-20-10-15(21-16)12-5-6-13(17)14(18)8-12/h5-6,8,10-11,19H,3-4,7,9H2,1-2H3. The van der Waals surface area contributed by atoms with Crippen molar-refractivity contribution >= 4 is 15.9 Å². The van der Waals surface area contributed by atoms with Crippen molar-refractivity contribution in [1.82, 2.24) is 10.3 Å². The predicted octanol–water partition coefficient (Wildman–Crippen LogP) is 4.42. The van der Waals surface area contributed by atoms with Crippen LogP contribution in [-0.2, 0) is 6.42 Å². The zero-order valence-electron chi connectivity index (χ0n) is 12.3. The van der Waals surface area contributed by atoms with Gasteiger partial charge in [-0.05, 0) is 59.6 Å². The summed E-state index contributed by atoms with van der Waals surface area (Å²) in [6.07, 6.45) is 3.41. The molecule has 0 spiro atoms. The Morgan fingerprint density at radius 1 is 1.38 bits per heavy atom. The van der Waals surface area contributed by atoms with Gasteiger partial charge in [0.1, 0.15) is 5.82 Å². The second-order valence-corrected chi connectivity index (χ2v) is 6.30. The second kappa shape index (κ2) is 7.71. The first-order valence-corrected chi connectivity index (χ1v) is 7.96. The first kappa shape index (κ1) is 16.2. The lowest BCUT2D eigenvalue weighted by atomic mass is 10.2. The van der Waals surface area contributed by atoms with Gasteiger partial charge in [-0.25, -0.2) is 9.37 Å². The van der Waals surface area contributed by atoms with E-state index in [1.54, 1.807) is 12.3 Å². The molecule has 0 aliphatic rings. The zero-order chi connectivity index (χ0) is 15.2. The van der Waals surface area contributed by atoms with Gasteiger partial charge in [-0.15, -0.1) is 0 Å². The Hall–Kier alpha value is -1.20. The molecule has 0 radical (unpaired) electrons. The van der Waals surface area contributed by atoms with Crippen LogP contribution in [-0.4, -0.2) is 18.1 Å². The van der Waals surface area contributed by atoms with Gasteiger partial charge in [-0.1, -0.05) is 13.8 Å². The number of nitrogens with zero attached hydrogens (tertiary/aromatic N) is 1. The molecule has 1 heterocycles. The maximum absolute atomic E-state index is 13.5. The molecule has 0 amide bonds. The number of hydrogen-bond donors (Lipinski definition) is 1. The van der Waals surface area contributed by atoms with E-state index in [0.717, 1.165) is 25.9 Å². The van der Waals surface area contributed by atoms with Crippen LogP contribution in [0.4, 0.5) is 4.39 Å². The van der Waals surface area contributed by atoms with Crippen LogP contribution in [0.1, 0.15) is 26.2 Å². The summed E-state index contributed by atoms with van der Waals surface area (Å²) in [4.78, 5) is 4.25. The fraction of sp³-hybridized carbons (Fsp3) is 0.438. The van der Waals surface area contributed by atoms with Gasteiger partial charge in [-0.2, -0.15) is 0 Å². The van der Waals surface area contributed by atoms with E-state index >= 15 is 0 Å². The highest BCUT2D eigenvalue weighted by atomic mass is 79.9. The molecule has 21 heavy (non-hydrogen) atoms. The predicted molar refractivity (Wildman–Crippen MR) is 85.6 cm³/mol. The third-order valence-electron chi connectivity index (χ3n) is 3.05. The Labute approximate surface area is 133 Å². The van der Waals surface area contributed by atoms with Crippen molar-refractivity contribution in [3.63, 3.8) is 0 Å². The highest BCUT2D eigenvalue weighted by Crippen LogP contribution is 2.25. The third kappa shape index (κ3) is 4.93. The van der Waals surface area contributed by atoms with Gasteiger partial charge in [0.2, 0.25) is 0 Å². The van der Waals surface area contributed by atoms with E-state index in [1.165, 1.54) is 6.07 Å². The minimum Gasteiger partial charge on any atom is -0.441 e. The maximum Gasteiger partial charge on any atom is 0.194 e. The summed E-state index contributed by atoms with van der Waals surface area (Å²) in [6.45, 7) is 6.34. The lowest BCUT2D eigenvalue weighted by Gasteiger charge is -2.05. The maximum atomic E-state index is 13.5. The number of nitrogens with one attached hydrogen (secondary N) is 1. The molecule has 5 heteroatoms. The van der Waals surface area contributed by atoms with Crippen LogP contribution in [0.5, 0.6) is 0 Å². The summed E-state index contributed by atoms with van der Waals surface area (Å²) < 4.78 is 19.6. The molecule has 2 rings (SSSR count). The largest absolute Gasteiger partial charge is 0.441 e. The summed E-state index contributed by atoms with van der Waals surface area (Å²) in [6, 6.07) is 4.92. The van der Waals surface area contributed by atoms with Gasteiger partial charge in [0.25, 0.3) is 0 Å². The van der Waals surface area contributed by atoms with Crippen LogP contribution < -0.4 is 5.32 Å². The van der Waals surface area contributed by atoms with Crippen molar-refractivity contribution < 1.29 is 8.81 Å². The molecule has 3 nitrogen and oxygen atoms in total. The Kier molecular flexibility index (Phi) is 5.94. The number of oxazole rings is 1. The van der Waals surface area contributed by atoms with E-state index < -0.39 is 0 Å². The average Bonchev–Trinajstić information content (AvgIpc) is 2.90. The molecule has 0 saturated heterocycles. The molecule has 0 fully saturated rings. The SMILES string of the molecule is CC(C)CNCCCc1ncc(-c2ccc(Br)c(F)c2)o1. The topological polar surface area (TPSA) is 38.1 Å². The lowest BCUT2D eigenvalue weighted by Crippen LogP contribution is -2.21. The number of halogens is 2. The van der Waals surface area contributed by atoms with Crippen molar-refractivity contribution in [2.45, 2.75) is 26.7 Å². The van der Waals surface area contributed by atoms with Crippen molar-refractivity contribution in [1.29, 1.82) is 0 Å². The number of benzene rings is 1. The Morgan fingerprint density at radius 3 is 2.90 bits per heavy atom. The van der Waals surface area contributed by atoms with Crippen molar-refractivity contribution in [3.8, 4) is 11.3 Å². The molecule has 0 bridgehead atoms. The first-order chi connectivity index (χ1) is 10.1. The van der Waals surface area contributed by atoms with E-state index in [0.29, 0.717) is 27.6 Å². The van der Waals surface area contributed by atoms with Crippen molar-refractivity contribution in [2.75, 3.05) is 13.1 Å². The van der Waals surface area contributed by atoms with Crippen LogP contribution in [0.15, 0.2) is 33.3 Å². The Balaban J connectivity index is 1.87. The van der Waals surface area contributed by atoms with E-state index in [-0.39, 0.29) is 5.82 Å². The van der Waals surface area contributed by atoms with Gasteiger partial charge in [0.05, 0.1) is 10.7 Å². The van der Waals surface area contributed by atoms with Crippen LogP contribution in [0.2, 0.25) is 0 Å². The van der Waals surface area contributed by atoms with Crippen molar-refractivity contribution in [3.05, 3.63) is 40.6 Å². The number of aromatic nitrogens is 1. The molecule has 1 N–H and O–H groups in total. The molecule has 0 saturated carbocycles. The minimum atomic E-state index is -0.302. The Morgan fingerprint density at radius 2 is 2.19 bits per heavy atom. The summed E-state index contributed by atoms with van der Waals surface area (Å²) in [5.74, 6) is 1.65. The molecule has 0 atom stereocenters. The third-order valence-corrected chi connectivity index (χ3v) is 3.70. The zero-order valence-corrected chi connectivity index (χ0v) is 13.9. The van der Waals surface area contributed by atoms with Crippen LogP contribution in [0.25, 0.3) is 11.3 Å². The van der Waals surface area contributed by atoms with E-state index in [4.69, 9.17) is 4.42 Å². The average molecular weight is 355 g/mol. The van der Waals surface area contributed by atoms with Gasteiger partial charge in [-0.3, -0.25) is 0 Å². The highest BCUT2D eigenvalue weighted by molar-refractivity contribution is 9.10.